The first-order valence-corrected chi connectivity index (χ1v) is 3.80. The molecule has 0 fully saturated rings. The quantitative estimate of drug-likeness (QED) is 0.369. The second kappa shape index (κ2) is 6.50. The number of rotatable bonds is 3. The Morgan fingerprint density at radius 1 is 1.33 bits per heavy atom. The Kier molecular flexibility index (Phi) is 6.50. The Bertz CT molecular complexity index is 210. The number of aliphatic hydroxyl groups excluding tert-OH is 1. The molecule has 0 aliphatic heterocycles. The van der Waals surface area contributed by atoms with E-state index < -0.39 is 0 Å². The predicted molar refractivity (Wildman–Crippen MR) is 48.9 cm³/mol. The molecular weight excluding hydrogens is 262 g/mol. The SMILES string of the molecule is OCNN(P)c1ccccc1.[Rh]. The summed E-state index contributed by atoms with van der Waals surface area (Å²) in [5.41, 5.74) is 3.71. The largest absolute Gasteiger partial charge is 0.380 e. The van der Waals surface area contributed by atoms with E-state index in [2.05, 4.69) is 14.8 Å². The van der Waals surface area contributed by atoms with Crippen LogP contribution in [0, 0.1) is 0 Å². The zero-order valence-electron chi connectivity index (χ0n) is 6.40. The monoisotopic (exact) mass is 273 g/mol. The van der Waals surface area contributed by atoms with E-state index in [0.717, 1.165) is 5.69 Å². The van der Waals surface area contributed by atoms with Crippen molar-refractivity contribution in [3.8, 4) is 0 Å². The predicted octanol–water partition coefficient (Wildman–Crippen LogP) is 0.735. The van der Waals surface area contributed by atoms with Crippen LogP contribution in [0.3, 0.4) is 0 Å². The average molecular weight is 273 g/mol. The summed E-state index contributed by atoms with van der Waals surface area (Å²) in [7, 11) is 2.46. The molecule has 0 heterocycles. The molecule has 1 radical (unpaired) electrons. The van der Waals surface area contributed by atoms with Gasteiger partial charge in [0.25, 0.3) is 0 Å². The summed E-state index contributed by atoms with van der Waals surface area (Å²) in [4.78, 5) is 0. The van der Waals surface area contributed by atoms with Gasteiger partial charge in [-0.2, -0.15) is 0 Å². The summed E-state index contributed by atoms with van der Waals surface area (Å²) < 4.78 is 1.68. The number of hydrogen-bond donors (Lipinski definition) is 2. The van der Waals surface area contributed by atoms with Gasteiger partial charge in [-0.25, -0.2) is 5.43 Å². The van der Waals surface area contributed by atoms with E-state index in [0.29, 0.717) is 0 Å². The van der Waals surface area contributed by atoms with E-state index >= 15 is 0 Å². The van der Waals surface area contributed by atoms with Crippen molar-refractivity contribution < 1.29 is 24.6 Å². The number of anilines is 1. The molecule has 3 nitrogen and oxygen atoms in total. The molecule has 0 aliphatic carbocycles. The van der Waals surface area contributed by atoms with Crippen molar-refractivity contribution in [2.45, 2.75) is 0 Å². The Balaban J connectivity index is 0.00000121. The molecule has 0 aromatic heterocycles. The fourth-order valence-corrected chi connectivity index (χ4v) is 1.01. The minimum absolute atomic E-state index is 0. The maximum atomic E-state index is 8.53. The first-order valence-electron chi connectivity index (χ1n) is 3.29. The number of nitrogens with zero attached hydrogens (tertiary/aromatic N) is 1. The second-order valence-electron chi connectivity index (χ2n) is 2.02. The van der Waals surface area contributed by atoms with Gasteiger partial charge in [0.05, 0.1) is 5.69 Å². The number of benzene rings is 1. The van der Waals surface area contributed by atoms with E-state index in [4.69, 9.17) is 5.11 Å². The molecule has 12 heavy (non-hydrogen) atoms. The number of hydrazine groups is 1. The van der Waals surface area contributed by atoms with Gasteiger partial charge in [-0.3, -0.25) is 4.78 Å². The molecule has 0 spiro atoms. The van der Waals surface area contributed by atoms with Crippen LogP contribution in [0.2, 0.25) is 0 Å². The van der Waals surface area contributed by atoms with E-state index in [-0.39, 0.29) is 26.2 Å². The summed E-state index contributed by atoms with van der Waals surface area (Å²) in [6, 6.07) is 9.70. The standard InChI is InChI=1S/C7H11N2OP.Rh/c10-6-8-9(11)7-4-2-1-3-5-7;/h1-5,8,10H,6,11H2;. The van der Waals surface area contributed by atoms with Crippen LogP contribution in [0.5, 0.6) is 0 Å². The molecule has 5 heteroatoms. The summed E-state index contributed by atoms with van der Waals surface area (Å²) >= 11 is 0. The van der Waals surface area contributed by atoms with Crippen molar-refractivity contribution >= 4 is 15.1 Å². The molecule has 69 valence electrons. The van der Waals surface area contributed by atoms with Crippen molar-refractivity contribution in [2.75, 3.05) is 11.5 Å². The molecule has 0 aliphatic rings. The summed E-state index contributed by atoms with van der Waals surface area (Å²) in [5, 5.41) is 8.53. The number of para-hydroxylation sites is 1. The molecule has 1 atom stereocenters. The normalized spacial score (nSPS) is 8.83. The third-order valence-corrected chi connectivity index (χ3v) is 1.76. The summed E-state index contributed by atoms with van der Waals surface area (Å²) in [5.74, 6) is 0. The van der Waals surface area contributed by atoms with Crippen molar-refractivity contribution in [3.63, 3.8) is 0 Å². The Labute approximate surface area is 87.1 Å². The maximum absolute atomic E-state index is 8.53. The van der Waals surface area contributed by atoms with Gasteiger partial charge in [0.15, 0.2) is 0 Å². The van der Waals surface area contributed by atoms with Crippen LogP contribution in [-0.4, -0.2) is 11.8 Å². The third-order valence-electron chi connectivity index (χ3n) is 1.28. The van der Waals surface area contributed by atoms with Crippen LogP contribution in [0.1, 0.15) is 0 Å². The van der Waals surface area contributed by atoms with Crippen LogP contribution in [0.15, 0.2) is 30.3 Å². The van der Waals surface area contributed by atoms with Gasteiger partial charge < -0.3 is 5.11 Å². The van der Waals surface area contributed by atoms with Gasteiger partial charge in [0.2, 0.25) is 0 Å². The topological polar surface area (TPSA) is 35.5 Å². The zero-order chi connectivity index (χ0) is 8.10. The van der Waals surface area contributed by atoms with Gasteiger partial charge in [-0.05, 0) is 21.5 Å². The van der Waals surface area contributed by atoms with Crippen LogP contribution in [0.4, 0.5) is 5.69 Å². The molecule has 1 aromatic rings. The van der Waals surface area contributed by atoms with E-state index in [1.54, 1.807) is 4.78 Å². The van der Waals surface area contributed by atoms with Gasteiger partial charge in [0.1, 0.15) is 6.73 Å². The van der Waals surface area contributed by atoms with Crippen molar-refractivity contribution in [3.05, 3.63) is 30.3 Å². The Hall–Kier alpha value is -0.00662. The smallest absolute Gasteiger partial charge is 0.110 e. The molecule has 0 saturated heterocycles. The Morgan fingerprint density at radius 3 is 2.42 bits per heavy atom. The molecule has 1 unspecified atom stereocenters. The van der Waals surface area contributed by atoms with Crippen molar-refractivity contribution in [1.82, 2.24) is 5.43 Å². The van der Waals surface area contributed by atoms with Crippen molar-refractivity contribution in [2.24, 2.45) is 0 Å². The number of aliphatic hydroxyl groups is 1. The van der Waals surface area contributed by atoms with E-state index in [1.165, 1.54) is 0 Å². The molecule has 1 rings (SSSR count). The van der Waals surface area contributed by atoms with Gasteiger partial charge in [0, 0.05) is 19.5 Å². The third kappa shape index (κ3) is 3.60. The molecule has 2 N–H and O–H groups in total. The summed E-state index contributed by atoms with van der Waals surface area (Å²) in [6.07, 6.45) is 0. The minimum atomic E-state index is -0.0710. The minimum Gasteiger partial charge on any atom is -0.380 e. The summed E-state index contributed by atoms with van der Waals surface area (Å²) in [6.45, 7) is -0.0710. The maximum Gasteiger partial charge on any atom is 0.110 e. The average Bonchev–Trinajstić information content (AvgIpc) is 2.07. The second-order valence-corrected chi connectivity index (χ2v) is 2.54. The van der Waals surface area contributed by atoms with Crippen LogP contribution < -0.4 is 10.2 Å². The van der Waals surface area contributed by atoms with Crippen LogP contribution >= 0.6 is 9.39 Å². The van der Waals surface area contributed by atoms with Crippen LogP contribution in [-0.2, 0) is 19.5 Å². The van der Waals surface area contributed by atoms with E-state index in [1.807, 2.05) is 30.3 Å². The van der Waals surface area contributed by atoms with Gasteiger partial charge >= 0.3 is 0 Å². The molecule has 0 bridgehead atoms. The first-order chi connectivity index (χ1) is 5.34. The fraction of sp³-hybridized carbons (Fsp3) is 0.143. The van der Waals surface area contributed by atoms with E-state index in [9.17, 15) is 0 Å². The molecule has 0 amide bonds. The number of hydrogen-bond acceptors (Lipinski definition) is 3. The fourth-order valence-electron chi connectivity index (χ4n) is 0.756. The van der Waals surface area contributed by atoms with Crippen LogP contribution in [0.25, 0.3) is 0 Å². The van der Waals surface area contributed by atoms with Gasteiger partial charge in [-0.15, -0.1) is 0 Å². The molecular formula is C7H11N2OPRh. The van der Waals surface area contributed by atoms with Crippen molar-refractivity contribution in [1.29, 1.82) is 0 Å². The Morgan fingerprint density at radius 2 is 1.92 bits per heavy atom. The molecule has 1 aromatic carbocycles. The number of nitrogens with one attached hydrogen (secondary N) is 1. The van der Waals surface area contributed by atoms with Gasteiger partial charge in [-0.1, -0.05) is 18.2 Å². The molecule has 0 saturated carbocycles. The zero-order valence-corrected chi connectivity index (χ0v) is 9.19. The first kappa shape index (κ1) is 12.0.